The van der Waals surface area contributed by atoms with Crippen LogP contribution in [-0.4, -0.2) is 36.2 Å². The molecule has 0 unspecified atom stereocenters. The highest BCUT2D eigenvalue weighted by molar-refractivity contribution is 6.30. The van der Waals surface area contributed by atoms with Crippen molar-refractivity contribution in [3.05, 3.63) is 75.9 Å². The van der Waals surface area contributed by atoms with Gasteiger partial charge in [0, 0.05) is 22.8 Å². The summed E-state index contributed by atoms with van der Waals surface area (Å²) in [7, 11) is 0. The average molecular weight is 536 g/mol. The van der Waals surface area contributed by atoms with Crippen molar-refractivity contribution < 1.29 is 26.7 Å². The Morgan fingerprint density at radius 3 is 2.65 bits per heavy atom. The number of alkyl halides is 5. The fraction of sp³-hybridized carbons (Fsp3) is 0.0909. The lowest BCUT2D eigenvalue weighted by atomic mass is 10.1. The Kier molecular flexibility index (Phi) is 6.03. The first kappa shape index (κ1) is 24.2. The lowest BCUT2D eigenvalue weighted by molar-refractivity contribution is -0.136. The van der Waals surface area contributed by atoms with Crippen LogP contribution in [-0.2, 0) is 6.18 Å². The standard InChI is InChI=1S/C22H11ClF5N7O2/c23-10-4-5-11(15(8-10)37-20(24)25)17-33-18-12-2-1-3-13(22(26,27)28)16(12)32-21(35(18)34-17)31-14-9-29-6-7-30-19(14)36/h1-9,20H,(H,30,31,32,36). The number of rotatable bonds is 5. The molecule has 188 valence electrons. The fourth-order valence-corrected chi connectivity index (χ4v) is 3.68. The van der Waals surface area contributed by atoms with Gasteiger partial charge in [-0.15, -0.1) is 5.10 Å². The van der Waals surface area contributed by atoms with Gasteiger partial charge in [0.1, 0.15) is 11.4 Å². The molecule has 0 saturated heterocycles. The minimum absolute atomic E-state index is 0.0153. The molecule has 0 spiro atoms. The summed E-state index contributed by atoms with van der Waals surface area (Å²) in [6.07, 6.45) is -1.30. The van der Waals surface area contributed by atoms with Crippen LogP contribution in [0.25, 0.3) is 27.9 Å². The van der Waals surface area contributed by atoms with Crippen molar-refractivity contribution >= 4 is 39.8 Å². The van der Waals surface area contributed by atoms with Crippen LogP contribution < -0.4 is 15.6 Å². The molecule has 0 radical (unpaired) electrons. The Bertz CT molecular complexity index is 1710. The van der Waals surface area contributed by atoms with E-state index in [9.17, 15) is 26.7 Å². The monoisotopic (exact) mass is 535 g/mol. The van der Waals surface area contributed by atoms with Crippen molar-refractivity contribution in [2.45, 2.75) is 12.8 Å². The quantitative estimate of drug-likeness (QED) is 0.309. The minimum atomic E-state index is -4.77. The van der Waals surface area contributed by atoms with Crippen molar-refractivity contribution in [1.82, 2.24) is 29.5 Å². The molecule has 5 rings (SSSR count). The van der Waals surface area contributed by atoms with Gasteiger partial charge in [0.15, 0.2) is 11.5 Å². The van der Waals surface area contributed by atoms with Crippen LogP contribution in [0.2, 0.25) is 5.02 Å². The van der Waals surface area contributed by atoms with Crippen LogP contribution in [0, 0.1) is 0 Å². The predicted octanol–water partition coefficient (Wildman–Crippen LogP) is 5.11. The lowest BCUT2D eigenvalue weighted by Gasteiger charge is -2.12. The van der Waals surface area contributed by atoms with Crippen LogP contribution in [0.1, 0.15) is 5.56 Å². The van der Waals surface area contributed by atoms with Crippen LogP contribution in [0.4, 0.5) is 33.6 Å². The maximum absolute atomic E-state index is 13.8. The van der Waals surface area contributed by atoms with Gasteiger partial charge in [-0.05, 0) is 30.3 Å². The van der Waals surface area contributed by atoms with Crippen LogP contribution in [0.3, 0.4) is 0 Å². The van der Waals surface area contributed by atoms with Gasteiger partial charge in [-0.2, -0.15) is 26.5 Å². The van der Waals surface area contributed by atoms with Crippen molar-refractivity contribution in [3.63, 3.8) is 0 Å². The van der Waals surface area contributed by atoms with Gasteiger partial charge in [-0.1, -0.05) is 17.7 Å². The molecule has 5 aromatic rings. The third kappa shape index (κ3) is 4.70. The van der Waals surface area contributed by atoms with Crippen molar-refractivity contribution in [1.29, 1.82) is 0 Å². The Balaban J connectivity index is 1.81. The number of hydrogen-bond acceptors (Lipinski definition) is 8. The highest BCUT2D eigenvalue weighted by Crippen LogP contribution is 2.37. The number of fused-ring (bicyclic) bond motifs is 3. The van der Waals surface area contributed by atoms with Crippen LogP contribution >= 0.6 is 11.6 Å². The molecular formula is C22H11ClF5N7O2. The summed E-state index contributed by atoms with van der Waals surface area (Å²) in [5, 5.41) is 6.90. The molecule has 9 nitrogen and oxygen atoms in total. The molecule has 37 heavy (non-hydrogen) atoms. The van der Waals surface area contributed by atoms with E-state index in [1.165, 1.54) is 30.5 Å². The maximum atomic E-state index is 13.8. The van der Waals surface area contributed by atoms with Crippen molar-refractivity contribution in [2.24, 2.45) is 0 Å². The molecule has 0 aliphatic rings. The zero-order valence-electron chi connectivity index (χ0n) is 18.0. The molecule has 0 aliphatic carbocycles. The van der Waals surface area contributed by atoms with Gasteiger partial charge in [0.25, 0.3) is 5.56 Å². The zero-order valence-corrected chi connectivity index (χ0v) is 18.8. The predicted molar refractivity (Wildman–Crippen MR) is 122 cm³/mol. The molecule has 0 fully saturated rings. The number of nitrogens with zero attached hydrogens (tertiary/aromatic N) is 6. The van der Waals surface area contributed by atoms with Gasteiger partial charge in [-0.25, -0.2) is 15.0 Å². The number of anilines is 2. The van der Waals surface area contributed by atoms with Gasteiger partial charge >= 0.3 is 12.8 Å². The molecule has 0 aliphatic heterocycles. The first-order valence-electron chi connectivity index (χ1n) is 10.2. The summed E-state index contributed by atoms with van der Waals surface area (Å²) in [6.45, 7) is -3.20. The van der Waals surface area contributed by atoms with Gasteiger partial charge in [-0.3, -0.25) is 9.78 Å². The van der Waals surface area contributed by atoms with E-state index in [-0.39, 0.29) is 44.8 Å². The first-order chi connectivity index (χ1) is 17.6. The van der Waals surface area contributed by atoms with E-state index in [2.05, 4.69) is 35.1 Å². The third-order valence-electron chi connectivity index (χ3n) is 5.03. The topological polar surface area (TPSA) is 107 Å². The maximum Gasteiger partial charge on any atom is 0.418 e. The second kappa shape index (κ2) is 9.20. The van der Waals surface area contributed by atoms with E-state index in [1.807, 2.05) is 0 Å². The number of halogens is 6. The molecule has 1 N–H and O–H groups in total. The first-order valence-corrected chi connectivity index (χ1v) is 10.6. The molecule has 0 bridgehead atoms. The van der Waals surface area contributed by atoms with E-state index in [4.69, 9.17) is 11.6 Å². The second-order valence-corrected chi connectivity index (χ2v) is 7.81. The summed E-state index contributed by atoms with van der Waals surface area (Å²) >= 11 is 5.91. The minimum Gasteiger partial charge on any atom is -0.434 e. The van der Waals surface area contributed by atoms with E-state index in [0.29, 0.717) is 0 Å². The third-order valence-corrected chi connectivity index (χ3v) is 5.27. The molecule has 3 aromatic heterocycles. The molecule has 0 amide bonds. The summed E-state index contributed by atoms with van der Waals surface area (Å²) in [5.41, 5.74) is -2.67. The summed E-state index contributed by atoms with van der Waals surface area (Å²) in [6, 6.07) is 7.17. The Morgan fingerprint density at radius 1 is 1.08 bits per heavy atom. The van der Waals surface area contributed by atoms with Crippen molar-refractivity contribution in [3.8, 4) is 17.1 Å². The Morgan fingerprint density at radius 2 is 1.89 bits per heavy atom. The number of nitrogens with one attached hydrogen (secondary N) is 1. The zero-order chi connectivity index (χ0) is 26.3. The highest BCUT2D eigenvalue weighted by atomic mass is 35.5. The molecule has 2 aromatic carbocycles. The molecule has 0 saturated carbocycles. The van der Waals surface area contributed by atoms with Crippen molar-refractivity contribution in [2.75, 3.05) is 5.32 Å². The number of hydrogen-bond donors (Lipinski definition) is 1. The normalized spacial score (nSPS) is 11.9. The van der Waals surface area contributed by atoms with E-state index >= 15 is 0 Å². The molecular weight excluding hydrogens is 525 g/mol. The van der Waals surface area contributed by atoms with E-state index in [1.54, 1.807) is 0 Å². The smallest absolute Gasteiger partial charge is 0.418 e. The van der Waals surface area contributed by atoms with Crippen LogP contribution in [0.15, 0.2) is 59.8 Å². The summed E-state index contributed by atoms with van der Waals surface area (Å²) in [5.74, 6) is -0.874. The van der Waals surface area contributed by atoms with Gasteiger partial charge < -0.3 is 10.1 Å². The lowest BCUT2D eigenvalue weighted by Crippen LogP contribution is -2.13. The number of benzene rings is 2. The van der Waals surface area contributed by atoms with Gasteiger partial charge in [0.2, 0.25) is 5.95 Å². The summed E-state index contributed by atoms with van der Waals surface area (Å²) in [4.78, 5) is 28.1. The molecule has 0 atom stereocenters. The largest absolute Gasteiger partial charge is 0.434 e. The van der Waals surface area contributed by atoms with E-state index < -0.39 is 29.4 Å². The number of para-hydroxylation sites is 1. The van der Waals surface area contributed by atoms with E-state index in [0.717, 1.165) is 29.0 Å². The van der Waals surface area contributed by atoms with Crippen LogP contribution in [0.5, 0.6) is 5.75 Å². The second-order valence-electron chi connectivity index (χ2n) is 7.37. The molecule has 15 heteroatoms. The highest BCUT2D eigenvalue weighted by Gasteiger charge is 2.34. The average Bonchev–Trinajstić information content (AvgIpc) is 3.17. The Hall–Kier alpha value is -4.46. The fourth-order valence-electron chi connectivity index (χ4n) is 3.52. The number of ether oxygens (including phenoxy) is 1. The summed E-state index contributed by atoms with van der Waals surface area (Å²) < 4.78 is 73.0. The molecule has 3 heterocycles. The Labute approximate surface area is 207 Å². The SMILES string of the molecule is O=c1nccncc1Nc1nc2c(C(F)(F)F)cccc2c2nc(-c3ccc(Cl)cc3OC(F)F)nn12. The number of aromatic nitrogens is 6. The van der Waals surface area contributed by atoms with Gasteiger partial charge in [0.05, 0.1) is 22.8 Å².